The van der Waals surface area contributed by atoms with Crippen LogP contribution in [0.5, 0.6) is 0 Å². The lowest BCUT2D eigenvalue weighted by atomic mass is 10.1. The normalized spacial score (nSPS) is 17.1. The Hall–Kier alpha value is -1.13. The summed E-state index contributed by atoms with van der Waals surface area (Å²) in [6, 6.07) is 2.66. The molecule has 0 unspecified atom stereocenters. The van der Waals surface area contributed by atoms with E-state index in [1.54, 1.807) is 0 Å². The van der Waals surface area contributed by atoms with E-state index in [-0.39, 0.29) is 0 Å². The minimum absolute atomic E-state index is 0.540. The number of pyridine rings is 1. The van der Waals surface area contributed by atoms with Crippen molar-refractivity contribution in [3.05, 3.63) is 23.4 Å². The van der Waals surface area contributed by atoms with Gasteiger partial charge in [-0.2, -0.15) is 0 Å². The Morgan fingerprint density at radius 2 is 2.18 bits per heavy atom. The molecule has 0 atom stereocenters. The van der Waals surface area contributed by atoms with Crippen LogP contribution in [0.4, 0.5) is 5.82 Å². The number of aromatic nitrogens is 1. The highest BCUT2D eigenvalue weighted by Gasteiger charge is 2.20. The van der Waals surface area contributed by atoms with Gasteiger partial charge in [0.05, 0.1) is 0 Å². The summed E-state index contributed by atoms with van der Waals surface area (Å²) in [5.74, 6) is 1.06. The predicted molar refractivity (Wildman–Crippen MR) is 69.1 cm³/mol. The number of hydrogen-bond donors (Lipinski definition) is 1. The van der Waals surface area contributed by atoms with Gasteiger partial charge >= 0.3 is 0 Å². The van der Waals surface area contributed by atoms with E-state index in [1.807, 2.05) is 6.20 Å². The second-order valence-corrected chi connectivity index (χ2v) is 4.64. The standard InChI is InChI=1S/C13H21N3O/c1-10-7-11(8-14)9-15-13(10)16(2)12-3-5-17-6-4-12/h7,9,12H,3-6,8,14H2,1-2H3. The summed E-state index contributed by atoms with van der Waals surface area (Å²) < 4.78 is 5.39. The van der Waals surface area contributed by atoms with Gasteiger partial charge in [0.15, 0.2) is 0 Å². The molecule has 1 aromatic rings. The van der Waals surface area contributed by atoms with Crippen molar-refractivity contribution >= 4 is 5.82 Å². The molecule has 0 spiro atoms. The fraction of sp³-hybridized carbons (Fsp3) is 0.615. The van der Waals surface area contributed by atoms with E-state index in [2.05, 4.69) is 29.9 Å². The minimum atomic E-state index is 0.540. The quantitative estimate of drug-likeness (QED) is 0.862. The predicted octanol–water partition coefficient (Wildman–Crippen LogP) is 1.46. The topological polar surface area (TPSA) is 51.4 Å². The Morgan fingerprint density at radius 1 is 1.47 bits per heavy atom. The van der Waals surface area contributed by atoms with Crippen LogP contribution in [-0.4, -0.2) is 31.3 Å². The molecule has 1 aromatic heterocycles. The SMILES string of the molecule is Cc1cc(CN)cnc1N(C)C1CCOCC1. The molecule has 0 aromatic carbocycles. The van der Waals surface area contributed by atoms with Crippen molar-refractivity contribution in [3.63, 3.8) is 0 Å². The number of hydrogen-bond acceptors (Lipinski definition) is 4. The molecule has 1 saturated heterocycles. The molecule has 4 nitrogen and oxygen atoms in total. The van der Waals surface area contributed by atoms with E-state index in [4.69, 9.17) is 10.5 Å². The number of rotatable bonds is 3. The van der Waals surface area contributed by atoms with Crippen molar-refractivity contribution < 1.29 is 4.74 Å². The number of anilines is 1. The van der Waals surface area contributed by atoms with Crippen LogP contribution in [0.25, 0.3) is 0 Å². The third kappa shape index (κ3) is 2.76. The second kappa shape index (κ2) is 5.47. The van der Waals surface area contributed by atoms with Gasteiger partial charge in [-0.1, -0.05) is 0 Å². The van der Waals surface area contributed by atoms with Crippen LogP contribution in [0.1, 0.15) is 24.0 Å². The zero-order valence-corrected chi connectivity index (χ0v) is 10.6. The molecule has 0 bridgehead atoms. The van der Waals surface area contributed by atoms with Crippen LogP contribution in [0.2, 0.25) is 0 Å². The Labute approximate surface area is 103 Å². The molecule has 2 heterocycles. The molecule has 0 radical (unpaired) electrons. The number of nitrogens with two attached hydrogens (primary N) is 1. The maximum Gasteiger partial charge on any atom is 0.131 e. The Kier molecular flexibility index (Phi) is 3.97. The van der Waals surface area contributed by atoms with Crippen molar-refractivity contribution in [2.24, 2.45) is 5.73 Å². The highest BCUT2D eigenvalue weighted by atomic mass is 16.5. The molecule has 1 aliphatic rings. The van der Waals surface area contributed by atoms with E-state index in [0.717, 1.165) is 37.4 Å². The van der Waals surface area contributed by atoms with E-state index in [1.165, 1.54) is 5.56 Å². The van der Waals surface area contributed by atoms with Crippen LogP contribution >= 0.6 is 0 Å². The lowest BCUT2D eigenvalue weighted by Gasteiger charge is -2.33. The molecule has 2 rings (SSSR count). The Balaban J connectivity index is 2.15. The molecule has 0 aliphatic carbocycles. The monoisotopic (exact) mass is 235 g/mol. The van der Waals surface area contributed by atoms with Gasteiger partial charge in [0.25, 0.3) is 0 Å². The maximum atomic E-state index is 5.62. The summed E-state index contributed by atoms with van der Waals surface area (Å²) in [6.07, 6.45) is 4.03. The molecular weight excluding hydrogens is 214 g/mol. The van der Waals surface area contributed by atoms with Crippen LogP contribution < -0.4 is 10.6 Å². The number of aryl methyl sites for hydroxylation is 1. The third-order valence-electron chi connectivity index (χ3n) is 3.42. The summed E-state index contributed by atoms with van der Waals surface area (Å²) in [7, 11) is 2.12. The van der Waals surface area contributed by atoms with Gasteiger partial charge in [0, 0.05) is 39.0 Å². The molecule has 94 valence electrons. The van der Waals surface area contributed by atoms with Gasteiger partial charge in [-0.25, -0.2) is 4.98 Å². The van der Waals surface area contributed by atoms with E-state index in [0.29, 0.717) is 12.6 Å². The largest absolute Gasteiger partial charge is 0.381 e. The average molecular weight is 235 g/mol. The van der Waals surface area contributed by atoms with Gasteiger partial charge in [-0.3, -0.25) is 0 Å². The van der Waals surface area contributed by atoms with E-state index < -0.39 is 0 Å². The Bertz CT molecular complexity index is 375. The minimum Gasteiger partial charge on any atom is -0.381 e. The molecule has 2 N–H and O–H groups in total. The summed E-state index contributed by atoms with van der Waals surface area (Å²) in [6.45, 7) is 4.36. The van der Waals surface area contributed by atoms with Crippen molar-refractivity contribution in [3.8, 4) is 0 Å². The summed E-state index contributed by atoms with van der Waals surface area (Å²) >= 11 is 0. The zero-order valence-electron chi connectivity index (χ0n) is 10.6. The molecule has 0 amide bonds. The molecule has 0 saturated carbocycles. The fourth-order valence-electron chi connectivity index (χ4n) is 2.35. The maximum absolute atomic E-state index is 5.62. The van der Waals surface area contributed by atoms with Crippen LogP contribution in [0, 0.1) is 6.92 Å². The molecular formula is C13H21N3O. The molecule has 4 heteroatoms. The van der Waals surface area contributed by atoms with Gasteiger partial charge in [0.2, 0.25) is 0 Å². The van der Waals surface area contributed by atoms with Crippen LogP contribution in [0.15, 0.2) is 12.3 Å². The fourth-order valence-corrected chi connectivity index (χ4v) is 2.35. The van der Waals surface area contributed by atoms with E-state index >= 15 is 0 Å². The molecule has 1 aliphatic heterocycles. The molecule has 17 heavy (non-hydrogen) atoms. The molecule has 1 fully saturated rings. The number of nitrogens with zero attached hydrogens (tertiary/aromatic N) is 2. The second-order valence-electron chi connectivity index (χ2n) is 4.64. The summed E-state index contributed by atoms with van der Waals surface area (Å²) in [5.41, 5.74) is 7.90. The van der Waals surface area contributed by atoms with Crippen molar-refractivity contribution in [1.82, 2.24) is 4.98 Å². The zero-order chi connectivity index (χ0) is 12.3. The number of ether oxygens (including phenoxy) is 1. The summed E-state index contributed by atoms with van der Waals surface area (Å²) in [4.78, 5) is 6.81. The van der Waals surface area contributed by atoms with Crippen LogP contribution in [-0.2, 0) is 11.3 Å². The van der Waals surface area contributed by atoms with E-state index in [9.17, 15) is 0 Å². The lowest BCUT2D eigenvalue weighted by molar-refractivity contribution is 0.0853. The highest BCUT2D eigenvalue weighted by Crippen LogP contribution is 2.22. The third-order valence-corrected chi connectivity index (χ3v) is 3.42. The smallest absolute Gasteiger partial charge is 0.131 e. The van der Waals surface area contributed by atoms with Crippen molar-refractivity contribution in [2.45, 2.75) is 32.4 Å². The lowest BCUT2D eigenvalue weighted by Crippen LogP contribution is -2.37. The average Bonchev–Trinajstić information content (AvgIpc) is 2.39. The van der Waals surface area contributed by atoms with Gasteiger partial charge in [-0.15, -0.1) is 0 Å². The van der Waals surface area contributed by atoms with Crippen molar-refractivity contribution in [2.75, 3.05) is 25.2 Å². The first kappa shape index (κ1) is 12.3. The highest BCUT2D eigenvalue weighted by molar-refractivity contribution is 5.47. The van der Waals surface area contributed by atoms with Crippen molar-refractivity contribution in [1.29, 1.82) is 0 Å². The first-order chi connectivity index (χ1) is 8.22. The van der Waals surface area contributed by atoms with Gasteiger partial charge < -0.3 is 15.4 Å². The first-order valence-electron chi connectivity index (χ1n) is 6.18. The summed E-state index contributed by atoms with van der Waals surface area (Å²) in [5, 5.41) is 0. The van der Waals surface area contributed by atoms with Crippen LogP contribution in [0.3, 0.4) is 0 Å². The van der Waals surface area contributed by atoms with Gasteiger partial charge in [0.1, 0.15) is 5.82 Å². The Morgan fingerprint density at radius 3 is 2.76 bits per heavy atom. The van der Waals surface area contributed by atoms with Gasteiger partial charge in [-0.05, 0) is 37.0 Å². The first-order valence-corrected chi connectivity index (χ1v) is 6.18.